The van der Waals surface area contributed by atoms with Crippen LogP contribution in [-0.2, 0) is 15.1 Å². The summed E-state index contributed by atoms with van der Waals surface area (Å²) in [5.74, 6) is -0.257. The summed E-state index contributed by atoms with van der Waals surface area (Å²) in [5, 5.41) is 3.10. The van der Waals surface area contributed by atoms with Crippen LogP contribution in [0.1, 0.15) is 63.9 Å². The Morgan fingerprint density at radius 3 is 2.46 bits per heavy atom. The molecule has 2 rings (SSSR count). The number of unbranched alkanes of at least 4 members (excludes halogenated alkanes) is 1. The largest absolute Gasteiger partial charge is 0.428 e. The molecule has 5 heteroatoms. The van der Waals surface area contributed by atoms with E-state index in [1.165, 1.54) is 6.42 Å². The number of benzene rings is 1. The van der Waals surface area contributed by atoms with Crippen LogP contribution in [0.2, 0.25) is 0 Å². The van der Waals surface area contributed by atoms with Crippen molar-refractivity contribution in [3.63, 3.8) is 0 Å². The first-order valence-electron chi connectivity index (χ1n) is 8.93. The standard InChI is InChI=1S/C19H28N2O3/c1-2-3-14-19(24-18(20)23,15-10-6-4-7-11-15)17(22)21-16-12-8-5-9-13-16/h4,6-7,10-11,16H,2-3,5,8-9,12-14H2,1H3,(H2,20,23)(H,21,22). The van der Waals surface area contributed by atoms with E-state index < -0.39 is 11.7 Å². The molecule has 24 heavy (non-hydrogen) atoms. The first-order chi connectivity index (χ1) is 11.6. The van der Waals surface area contributed by atoms with Crippen LogP contribution in [0.3, 0.4) is 0 Å². The highest BCUT2D eigenvalue weighted by Crippen LogP contribution is 2.33. The highest BCUT2D eigenvalue weighted by atomic mass is 16.6. The number of amides is 2. The third kappa shape index (κ3) is 4.49. The molecule has 5 nitrogen and oxygen atoms in total. The maximum Gasteiger partial charge on any atom is 0.405 e. The first-order valence-corrected chi connectivity index (χ1v) is 8.93. The molecule has 1 fully saturated rings. The molecule has 1 saturated carbocycles. The monoisotopic (exact) mass is 332 g/mol. The summed E-state index contributed by atoms with van der Waals surface area (Å²) >= 11 is 0. The van der Waals surface area contributed by atoms with Gasteiger partial charge in [0.15, 0.2) is 0 Å². The normalized spacial score (nSPS) is 17.7. The summed E-state index contributed by atoms with van der Waals surface area (Å²) in [6.45, 7) is 2.04. The van der Waals surface area contributed by atoms with E-state index in [0.717, 1.165) is 38.5 Å². The van der Waals surface area contributed by atoms with Crippen LogP contribution in [0.4, 0.5) is 4.79 Å². The predicted octanol–water partition coefficient (Wildman–Crippen LogP) is 3.62. The minimum atomic E-state index is -1.35. The Bertz CT molecular complexity index is 541. The number of primary amides is 1. The summed E-state index contributed by atoms with van der Waals surface area (Å²) < 4.78 is 5.46. The smallest absolute Gasteiger partial charge is 0.405 e. The second kappa shape index (κ2) is 8.71. The average molecular weight is 332 g/mol. The van der Waals surface area contributed by atoms with Gasteiger partial charge in [-0.2, -0.15) is 0 Å². The number of rotatable bonds is 7. The molecule has 0 bridgehead atoms. The molecule has 0 saturated heterocycles. The highest BCUT2D eigenvalue weighted by molar-refractivity contribution is 5.89. The predicted molar refractivity (Wildman–Crippen MR) is 93.3 cm³/mol. The Kier molecular flexibility index (Phi) is 6.64. The van der Waals surface area contributed by atoms with E-state index in [-0.39, 0.29) is 11.9 Å². The molecular formula is C19H28N2O3. The van der Waals surface area contributed by atoms with Gasteiger partial charge in [0.1, 0.15) is 0 Å². The molecule has 1 aliphatic rings. The van der Waals surface area contributed by atoms with E-state index in [2.05, 4.69) is 5.32 Å². The van der Waals surface area contributed by atoms with Crippen molar-refractivity contribution in [2.24, 2.45) is 5.73 Å². The Morgan fingerprint density at radius 1 is 1.21 bits per heavy atom. The summed E-state index contributed by atoms with van der Waals surface area (Å²) in [6, 6.07) is 9.34. The van der Waals surface area contributed by atoms with Gasteiger partial charge in [0.2, 0.25) is 5.60 Å². The van der Waals surface area contributed by atoms with Crippen LogP contribution < -0.4 is 11.1 Å². The van der Waals surface area contributed by atoms with Crippen molar-refractivity contribution in [2.45, 2.75) is 69.9 Å². The molecule has 0 spiro atoms. The second-order valence-corrected chi connectivity index (χ2v) is 6.53. The Hall–Kier alpha value is -2.04. The zero-order valence-electron chi connectivity index (χ0n) is 14.4. The molecule has 1 aromatic rings. The van der Waals surface area contributed by atoms with Gasteiger partial charge >= 0.3 is 6.09 Å². The lowest BCUT2D eigenvalue weighted by molar-refractivity contribution is -0.143. The molecule has 1 atom stereocenters. The van der Waals surface area contributed by atoms with Gasteiger partial charge in [0.25, 0.3) is 5.91 Å². The zero-order valence-corrected chi connectivity index (χ0v) is 14.4. The Balaban J connectivity index is 2.30. The molecule has 0 heterocycles. The van der Waals surface area contributed by atoms with Gasteiger partial charge in [-0.1, -0.05) is 62.9 Å². The molecular weight excluding hydrogens is 304 g/mol. The van der Waals surface area contributed by atoms with Gasteiger partial charge in [-0.3, -0.25) is 4.79 Å². The molecule has 0 aliphatic heterocycles. The minimum Gasteiger partial charge on any atom is -0.428 e. The average Bonchev–Trinajstić information content (AvgIpc) is 2.60. The number of nitrogens with one attached hydrogen (secondary N) is 1. The fourth-order valence-electron chi connectivity index (χ4n) is 3.40. The topological polar surface area (TPSA) is 81.4 Å². The molecule has 1 aliphatic carbocycles. The van der Waals surface area contributed by atoms with Gasteiger partial charge in [-0.15, -0.1) is 0 Å². The van der Waals surface area contributed by atoms with Crippen LogP contribution in [0, 0.1) is 0 Å². The van der Waals surface area contributed by atoms with Crippen LogP contribution in [0.25, 0.3) is 0 Å². The maximum atomic E-state index is 13.1. The van der Waals surface area contributed by atoms with E-state index in [1.807, 2.05) is 37.3 Å². The third-order valence-electron chi connectivity index (χ3n) is 4.70. The zero-order chi connectivity index (χ0) is 17.4. The van der Waals surface area contributed by atoms with E-state index in [9.17, 15) is 9.59 Å². The number of nitrogens with two attached hydrogens (primary N) is 1. The highest BCUT2D eigenvalue weighted by Gasteiger charge is 2.44. The quantitative estimate of drug-likeness (QED) is 0.800. The van der Waals surface area contributed by atoms with E-state index in [0.29, 0.717) is 12.0 Å². The lowest BCUT2D eigenvalue weighted by atomic mass is 9.86. The van der Waals surface area contributed by atoms with Crippen LogP contribution in [0.5, 0.6) is 0 Å². The van der Waals surface area contributed by atoms with Crippen molar-refractivity contribution < 1.29 is 14.3 Å². The van der Waals surface area contributed by atoms with Crippen molar-refractivity contribution in [3.05, 3.63) is 35.9 Å². The minimum absolute atomic E-state index is 0.146. The number of hydrogen-bond acceptors (Lipinski definition) is 3. The maximum absolute atomic E-state index is 13.1. The molecule has 132 valence electrons. The number of carbonyl (C=O) groups excluding carboxylic acids is 2. The summed E-state index contributed by atoms with van der Waals surface area (Å²) in [4.78, 5) is 24.7. The molecule has 1 unspecified atom stereocenters. The van der Waals surface area contributed by atoms with Crippen molar-refractivity contribution in [1.29, 1.82) is 0 Å². The summed E-state index contributed by atoms with van der Waals surface area (Å²) in [6.07, 6.45) is 6.56. The molecule has 3 N–H and O–H groups in total. The number of carbonyl (C=O) groups is 2. The lowest BCUT2D eigenvalue weighted by Gasteiger charge is -2.34. The van der Waals surface area contributed by atoms with Gasteiger partial charge < -0.3 is 15.8 Å². The van der Waals surface area contributed by atoms with Crippen molar-refractivity contribution in [3.8, 4) is 0 Å². The Labute approximate surface area is 143 Å². The lowest BCUT2D eigenvalue weighted by Crippen LogP contribution is -2.51. The van der Waals surface area contributed by atoms with Gasteiger partial charge in [0, 0.05) is 18.0 Å². The number of ether oxygens (including phenoxy) is 1. The van der Waals surface area contributed by atoms with Crippen molar-refractivity contribution >= 4 is 12.0 Å². The summed E-state index contributed by atoms with van der Waals surface area (Å²) in [5.41, 5.74) is 4.64. The summed E-state index contributed by atoms with van der Waals surface area (Å²) in [7, 11) is 0. The van der Waals surface area contributed by atoms with E-state index in [1.54, 1.807) is 0 Å². The molecule has 2 amide bonds. The number of hydrogen-bond donors (Lipinski definition) is 2. The SMILES string of the molecule is CCCCC(OC(N)=O)(C(=O)NC1CCCCC1)c1ccccc1. The van der Waals surface area contributed by atoms with Gasteiger partial charge in [-0.05, 0) is 19.3 Å². The van der Waals surface area contributed by atoms with E-state index in [4.69, 9.17) is 10.5 Å². The fourth-order valence-corrected chi connectivity index (χ4v) is 3.40. The molecule has 0 radical (unpaired) electrons. The first kappa shape index (κ1) is 18.3. The van der Waals surface area contributed by atoms with Crippen LogP contribution >= 0.6 is 0 Å². The molecule has 1 aromatic carbocycles. The van der Waals surface area contributed by atoms with Crippen molar-refractivity contribution in [2.75, 3.05) is 0 Å². The fraction of sp³-hybridized carbons (Fsp3) is 0.579. The van der Waals surface area contributed by atoms with Crippen molar-refractivity contribution in [1.82, 2.24) is 5.32 Å². The third-order valence-corrected chi connectivity index (χ3v) is 4.70. The molecule has 0 aromatic heterocycles. The van der Waals surface area contributed by atoms with Crippen LogP contribution in [-0.4, -0.2) is 18.0 Å². The Morgan fingerprint density at radius 2 is 1.88 bits per heavy atom. The van der Waals surface area contributed by atoms with Crippen LogP contribution in [0.15, 0.2) is 30.3 Å². The van der Waals surface area contributed by atoms with Gasteiger partial charge in [-0.25, -0.2) is 4.79 Å². The van der Waals surface area contributed by atoms with E-state index >= 15 is 0 Å². The second-order valence-electron chi connectivity index (χ2n) is 6.53. The van der Waals surface area contributed by atoms with Gasteiger partial charge in [0.05, 0.1) is 0 Å².